The van der Waals surface area contributed by atoms with Crippen molar-refractivity contribution in [3.05, 3.63) is 52.9 Å². The molecule has 0 spiro atoms. The van der Waals surface area contributed by atoms with Gasteiger partial charge < -0.3 is 14.2 Å². The topological polar surface area (TPSA) is 99.0 Å². The van der Waals surface area contributed by atoms with Crippen molar-refractivity contribution in [3.63, 3.8) is 0 Å². The fourth-order valence-corrected chi connectivity index (χ4v) is 4.45. The second kappa shape index (κ2) is 9.30. The number of carbonyl (C=O) groups excluding carboxylic acids is 1. The first kappa shape index (κ1) is 22.1. The van der Waals surface area contributed by atoms with Crippen molar-refractivity contribution < 1.29 is 19.0 Å². The Balaban J connectivity index is 1.17. The van der Waals surface area contributed by atoms with Gasteiger partial charge in [-0.25, -0.2) is 9.78 Å². The highest BCUT2D eigenvalue weighted by molar-refractivity contribution is 5.89. The molecule has 10 nitrogen and oxygen atoms in total. The minimum absolute atomic E-state index is 0.0177. The molecule has 2 aliphatic heterocycles. The molecule has 1 amide bonds. The SMILES string of the molecule is CCOc1ccc(N2C[C@@H](CCN3CC(n4c(=O)cnc5ccc(OC)nc54)C3)OC2=O)cc1. The predicted molar refractivity (Wildman–Crippen MR) is 126 cm³/mol. The molecule has 3 aromatic rings. The number of likely N-dealkylation sites (tertiary alicyclic amines) is 1. The Bertz CT molecular complexity index is 1240. The number of hydrogen-bond acceptors (Lipinski definition) is 8. The van der Waals surface area contributed by atoms with E-state index in [0.717, 1.165) is 37.5 Å². The normalized spacial score (nSPS) is 18.7. The number of aromatic nitrogens is 3. The maximum atomic E-state index is 12.5. The monoisotopic (exact) mass is 465 g/mol. The van der Waals surface area contributed by atoms with E-state index in [9.17, 15) is 9.59 Å². The molecule has 178 valence electrons. The number of amides is 1. The Labute approximate surface area is 196 Å². The first-order valence-electron chi connectivity index (χ1n) is 11.4. The van der Waals surface area contributed by atoms with Crippen LogP contribution in [0.2, 0.25) is 0 Å². The van der Waals surface area contributed by atoms with E-state index in [2.05, 4.69) is 14.9 Å². The number of fused-ring (bicyclic) bond motifs is 1. The van der Waals surface area contributed by atoms with Crippen LogP contribution in [0.3, 0.4) is 0 Å². The van der Waals surface area contributed by atoms with Gasteiger partial charge in [-0.1, -0.05) is 0 Å². The lowest BCUT2D eigenvalue weighted by Gasteiger charge is -2.40. The van der Waals surface area contributed by atoms with Gasteiger partial charge in [0, 0.05) is 31.4 Å². The number of cyclic esters (lactones) is 1. The van der Waals surface area contributed by atoms with Gasteiger partial charge >= 0.3 is 6.09 Å². The molecule has 0 saturated carbocycles. The van der Waals surface area contributed by atoms with Crippen LogP contribution in [0.5, 0.6) is 11.6 Å². The van der Waals surface area contributed by atoms with Crippen molar-refractivity contribution in [2.24, 2.45) is 0 Å². The van der Waals surface area contributed by atoms with E-state index in [-0.39, 0.29) is 23.8 Å². The van der Waals surface area contributed by atoms with E-state index in [0.29, 0.717) is 30.2 Å². The third-order valence-electron chi connectivity index (χ3n) is 6.22. The maximum absolute atomic E-state index is 12.5. The van der Waals surface area contributed by atoms with E-state index >= 15 is 0 Å². The molecule has 34 heavy (non-hydrogen) atoms. The molecule has 0 radical (unpaired) electrons. The molecule has 2 fully saturated rings. The Kier molecular flexibility index (Phi) is 6.06. The van der Waals surface area contributed by atoms with Crippen molar-refractivity contribution in [2.75, 3.05) is 44.8 Å². The summed E-state index contributed by atoms with van der Waals surface area (Å²) in [5.74, 6) is 1.22. The van der Waals surface area contributed by atoms with Gasteiger partial charge in [0.2, 0.25) is 5.88 Å². The highest BCUT2D eigenvalue weighted by Crippen LogP contribution is 2.27. The molecule has 0 N–H and O–H groups in total. The van der Waals surface area contributed by atoms with Crippen LogP contribution in [0.4, 0.5) is 10.5 Å². The second-order valence-corrected chi connectivity index (χ2v) is 8.41. The summed E-state index contributed by atoms with van der Waals surface area (Å²) < 4.78 is 18.0. The number of hydrogen-bond donors (Lipinski definition) is 0. The minimum atomic E-state index is -0.328. The van der Waals surface area contributed by atoms with Gasteiger partial charge in [-0.15, -0.1) is 0 Å². The summed E-state index contributed by atoms with van der Waals surface area (Å²) in [7, 11) is 1.55. The third-order valence-corrected chi connectivity index (χ3v) is 6.22. The van der Waals surface area contributed by atoms with Crippen LogP contribution < -0.4 is 19.9 Å². The van der Waals surface area contributed by atoms with Crippen LogP contribution in [0.15, 0.2) is 47.4 Å². The fraction of sp³-hybridized carbons (Fsp3) is 0.417. The zero-order valence-corrected chi connectivity index (χ0v) is 19.2. The van der Waals surface area contributed by atoms with Crippen molar-refractivity contribution >= 4 is 22.9 Å². The van der Waals surface area contributed by atoms with E-state index in [4.69, 9.17) is 14.2 Å². The zero-order valence-electron chi connectivity index (χ0n) is 19.2. The van der Waals surface area contributed by atoms with Gasteiger partial charge in [0.1, 0.15) is 17.4 Å². The molecule has 1 atom stereocenters. The summed E-state index contributed by atoms with van der Waals surface area (Å²) in [6, 6.07) is 11.0. The second-order valence-electron chi connectivity index (χ2n) is 8.41. The largest absolute Gasteiger partial charge is 0.494 e. The van der Waals surface area contributed by atoms with Gasteiger partial charge in [0.25, 0.3) is 5.56 Å². The van der Waals surface area contributed by atoms with Gasteiger partial charge in [-0.2, -0.15) is 4.98 Å². The molecule has 0 aliphatic carbocycles. The van der Waals surface area contributed by atoms with Crippen LogP contribution in [0.25, 0.3) is 11.2 Å². The van der Waals surface area contributed by atoms with Gasteiger partial charge in [0.15, 0.2) is 5.65 Å². The average Bonchev–Trinajstić information content (AvgIpc) is 3.19. The molecule has 2 aromatic heterocycles. The Morgan fingerprint density at radius 1 is 1.09 bits per heavy atom. The molecule has 0 bridgehead atoms. The lowest BCUT2D eigenvalue weighted by Crippen LogP contribution is -2.51. The maximum Gasteiger partial charge on any atom is 0.414 e. The third kappa shape index (κ3) is 4.28. The number of carbonyl (C=O) groups is 1. The van der Waals surface area contributed by atoms with E-state index in [1.54, 1.807) is 28.7 Å². The number of ether oxygens (including phenoxy) is 3. The van der Waals surface area contributed by atoms with Crippen LogP contribution in [0, 0.1) is 0 Å². The van der Waals surface area contributed by atoms with Crippen molar-refractivity contribution in [1.82, 2.24) is 19.4 Å². The minimum Gasteiger partial charge on any atom is -0.494 e. The summed E-state index contributed by atoms with van der Waals surface area (Å²) >= 11 is 0. The van der Waals surface area contributed by atoms with Crippen molar-refractivity contribution in [1.29, 1.82) is 0 Å². The molecule has 4 heterocycles. The van der Waals surface area contributed by atoms with Gasteiger partial charge in [-0.3, -0.25) is 19.2 Å². The summed E-state index contributed by atoms with van der Waals surface area (Å²) in [5.41, 5.74) is 1.82. The molecule has 0 unspecified atom stereocenters. The zero-order chi connectivity index (χ0) is 23.7. The summed E-state index contributed by atoms with van der Waals surface area (Å²) in [4.78, 5) is 37.4. The number of pyridine rings is 1. The van der Waals surface area contributed by atoms with Gasteiger partial charge in [-0.05, 0) is 43.7 Å². The Morgan fingerprint density at radius 2 is 1.88 bits per heavy atom. The van der Waals surface area contributed by atoms with E-state index in [1.807, 2.05) is 31.2 Å². The predicted octanol–water partition coefficient (Wildman–Crippen LogP) is 2.47. The Hall–Kier alpha value is -3.66. The van der Waals surface area contributed by atoms with E-state index < -0.39 is 0 Å². The van der Waals surface area contributed by atoms with Crippen molar-refractivity contribution in [2.45, 2.75) is 25.5 Å². The lowest BCUT2D eigenvalue weighted by atomic mass is 10.1. The standard InChI is InChI=1S/C24H27N5O5/c1-3-33-18-6-4-16(5-7-18)28-15-19(34-24(28)31)10-11-27-13-17(14-27)29-22(30)12-25-20-8-9-21(32-2)26-23(20)29/h4-9,12,17,19H,3,10-11,13-15H2,1-2H3/t19-/m1/s1. The quantitative estimate of drug-likeness (QED) is 0.500. The molecule has 1 aromatic carbocycles. The first-order chi connectivity index (χ1) is 16.6. The molecule has 2 aliphatic rings. The van der Waals surface area contributed by atoms with Crippen LogP contribution in [0.1, 0.15) is 19.4 Å². The summed E-state index contributed by atoms with van der Waals surface area (Å²) in [5, 5.41) is 0. The molecule has 5 rings (SSSR count). The van der Waals surface area contributed by atoms with E-state index in [1.165, 1.54) is 6.20 Å². The molecular formula is C24H27N5O5. The number of rotatable bonds is 8. The molecule has 2 saturated heterocycles. The average molecular weight is 466 g/mol. The molecule has 10 heteroatoms. The first-order valence-corrected chi connectivity index (χ1v) is 11.4. The number of benzene rings is 1. The highest BCUT2D eigenvalue weighted by Gasteiger charge is 2.35. The number of anilines is 1. The van der Waals surface area contributed by atoms with Crippen molar-refractivity contribution in [3.8, 4) is 11.6 Å². The number of methoxy groups -OCH3 is 1. The summed E-state index contributed by atoms with van der Waals surface area (Å²) in [6.45, 7) is 5.27. The van der Waals surface area contributed by atoms with Crippen LogP contribution in [-0.2, 0) is 4.74 Å². The fourth-order valence-electron chi connectivity index (χ4n) is 4.45. The smallest absolute Gasteiger partial charge is 0.414 e. The van der Waals surface area contributed by atoms with Gasteiger partial charge in [0.05, 0.1) is 32.5 Å². The van der Waals surface area contributed by atoms with Crippen LogP contribution >= 0.6 is 0 Å². The summed E-state index contributed by atoms with van der Waals surface area (Å²) in [6.07, 6.45) is 1.57. The highest BCUT2D eigenvalue weighted by atomic mass is 16.6. The Morgan fingerprint density at radius 3 is 2.62 bits per heavy atom. The molecular weight excluding hydrogens is 438 g/mol. The number of nitrogens with zero attached hydrogens (tertiary/aromatic N) is 5. The lowest BCUT2D eigenvalue weighted by molar-refractivity contribution is 0.0799. The van der Waals surface area contributed by atoms with Crippen LogP contribution in [-0.4, -0.2) is 71.5 Å².